The third-order valence-electron chi connectivity index (χ3n) is 3.78. The number of hydrogen-bond donors (Lipinski definition) is 1. The van der Waals surface area contributed by atoms with Crippen LogP contribution in [-0.4, -0.2) is 34.1 Å². The molecule has 1 fully saturated rings. The summed E-state index contributed by atoms with van der Waals surface area (Å²) in [6, 6.07) is 2.20. The molecule has 1 aliphatic heterocycles. The van der Waals surface area contributed by atoms with E-state index in [1.54, 1.807) is 17.7 Å². The van der Waals surface area contributed by atoms with Crippen molar-refractivity contribution in [2.45, 2.75) is 39.0 Å². The lowest BCUT2D eigenvalue weighted by molar-refractivity contribution is 0.0675. The monoisotopic (exact) mass is 291 g/mol. The van der Waals surface area contributed by atoms with E-state index in [0.29, 0.717) is 6.10 Å². The van der Waals surface area contributed by atoms with Crippen LogP contribution in [0.3, 0.4) is 0 Å². The van der Waals surface area contributed by atoms with Crippen molar-refractivity contribution in [3.63, 3.8) is 0 Å². The topological polar surface area (TPSA) is 41.2 Å². The van der Waals surface area contributed by atoms with Crippen molar-refractivity contribution in [2.75, 3.05) is 13.2 Å². The summed E-state index contributed by atoms with van der Waals surface area (Å²) in [6.45, 7) is 5.83. The highest BCUT2D eigenvalue weighted by Gasteiger charge is 2.20. The van der Waals surface area contributed by atoms with E-state index in [1.807, 2.05) is 0 Å². The fraction of sp³-hybridized carbons (Fsp3) is 0.533. The van der Waals surface area contributed by atoms with Crippen LogP contribution in [0.15, 0.2) is 23.2 Å². The maximum Gasteiger partial charge on any atom is 0.0925 e. The van der Waals surface area contributed by atoms with Crippen molar-refractivity contribution in [1.29, 1.82) is 0 Å². The summed E-state index contributed by atoms with van der Waals surface area (Å²) in [6.07, 6.45) is 4.53. The molecule has 0 spiro atoms. The predicted octanol–water partition coefficient (Wildman–Crippen LogP) is 2.96. The van der Waals surface area contributed by atoms with Crippen LogP contribution in [-0.2, 0) is 17.8 Å². The van der Waals surface area contributed by atoms with E-state index in [-0.39, 0.29) is 0 Å². The van der Waals surface area contributed by atoms with Crippen LogP contribution in [0.2, 0.25) is 0 Å². The van der Waals surface area contributed by atoms with Crippen molar-refractivity contribution in [3.05, 3.63) is 40.1 Å². The van der Waals surface area contributed by atoms with Crippen LogP contribution in [0.25, 0.3) is 0 Å². The molecule has 1 saturated heterocycles. The zero-order valence-corrected chi connectivity index (χ0v) is 12.7. The Hall–Kier alpha value is -1.17. The molecular formula is C15H21N3OS. The molecule has 2 aromatic heterocycles. The molecule has 1 atom stereocenters. The summed E-state index contributed by atoms with van der Waals surface area (Å²) >= 11 is 1.76. The smallest absolute Gasteiger partial charge is 0.0925 e. The number of ether oxygens (including phenoxy) is 1. The van der Waals surface area contributed by atoms with E-state index in [9.17, 15) is 0 Å². The van der Waals surface area contributed by atoms with Crippen LogP contribution in [0.1, 0.15) is 29.8 Å². The minimum atomic E-state index is 0.382. The van der Waals surface area contributed by atoms with Crippen LogP contribution >= 0.6 is 11.3 Å². The minimum Gasteiger partial charge on any atom is -0.377 e. The van der Waals surface area contributed by atoms with E-state index >= 15 is 0 Å². The largest absolute Gasteiger partial charge is 0.377 e. The standard InChI is InChI=1S/C15H21N3OS/c1-12-15(17-11-16-12)9-18(7-13-4-6-20-10-13)8-14-3-2-5-19-14/h4,6,10-11,14H,2-3,5,7-9H2,1H3,(H,16,17)/t14-/m0/s1. The average molecular weight is 291 g/mol. The fourth-order valence-corrected chi connectivity index (χ4v) is 3.32. The van der Waals surface area contributed by atoms with Gasteiger partial charge in [-0.3, -0.25) is 4.90 Å². The van der Waals surface area contributed by atoms with Gasteiger partial charge in [0.1, 0.15) is 0 Å². The number of imidazole rings is 1. The highest BCUT2D eigenvalue weighted by molar-refractivity contribution is 7.07. The van der Waals surface area contributed by atoms with Gasteiger partial charge >= 0.3 is 0 Å². The number of nitrogens with one attached hydrogen (secondary N) is 1. The maximum absolute atomic E-state index is 5.78. The average Bonchev–Trinajstić information content (AvgIpc) is 3.15. The normalized spacial score (nSPS) is 19.0. The Bertz CT molecular complexity index is 517. The lowest BCUT2D eigenvalue weighted by atomic mass is 10.2. The number of nitrogens with zero attached hydrogens (tertiary/aromatic N) is 2. The highest BCUT2D eigenvalue weighted by Crippen LogP contribution is 2.18. The molecule has 0 radical (unpaired) electrons. The zero-order valence-electron chi connectivity index (χ0n) is 11.8. The van der Waals surface area contributed by atoms with Gasteiger partial charge in [-0.2, -0.15) is 11.3 Å². The number of aromatic nitrogens is 2. The van der Waals surface area contributed by atoms with Crippen LogP contribution in [0, 0.1) is 6.92 Å². The molecule has 1 N–H and O–H groups in total. The number of rotatable bonds is 6. The SMILES string of the molecule is Cc1[nH]cnc1CN(Cc1ccsc1)C[C@@H]1CCCO1. The molecule has 0 unspecified atom stereocenters. The van der Waals surface area contributed by atoms with Crippen LogP contribution in [0.4, 0.5) is 0 Å². The first-order chi connectivity index (χ1) is 9.81. The van der Waals surface area contributed by atoms with Crippen molar-refractivity contribution in [3.8, 4) is 0 Å². The lowest BCUT2D eigenvalue weighted by Gasteiger charge is -2.24. The third kappa shape index (κ3) is 3.48. The molecule has 1 aliphatic rings. The molecule has 0 amide bonds. The zero-order chi connectivity index (χ0) is 13.8. The van der Waals surface area contributed by atoms with Gasteiger partial charge in [0.15, 0.2) is 0 Å². The Morgan fingerprint density at radius 2 is 2.45 bits per heavy atom. The van der Waals surface area contributed by atoms with Gasteiger partial charge in [0.25, 0.3) is 0 Å². The second-order valence-electron chi connectivity index (χ2n) is 5.41. The summed E-state index contributed by atoms with van der Waals surface area (Å²) < 4.78 is 5.78. The fourth-order valence-electron chi connectivity index (χ4n) is 2.66. The molecule has 0 aromatic carbocycles. The number of H-pyrrole nitrogens is 1. The summed E-state index contributed by atoms with van der Waals surface area (Å²) in [5.74, 6) is 0. The molecular weight excluding hydrogens is 270 g/mol. The van der Waals surface area contributed by atoms with E-state index in [1.165, 1.54) is 18.4 Å². The van der Waals surface area contributed by atoms with Crippen molar-refractivity contribution >= 4 is 11.3 Å². The Morgan fingerprint density at radius 3 is 3.10 bits per heavy atom. The van der Waals surface area contributed by atoms with E-state index in [4.69, 9.17) is 4.74 Å². The van der Waals surface area contributed by atoms with Gasteiger partial charge in [-0.15, -0.1) is 0 Å². The van der Waals surface area contributed by atoms with Crippen LogP contribution in [0.5, 0.6) is 0 Å². The summed E-state index contributed by atoms with van der Waals surface area (Å²) in [5.41, 5.74) is 3.67. The second kappa shape index (κ2) is 6.52. The number of thiophene rings is 1. The van der Waals surface area contributed by atoms with Gasteiger partial charge in [0, 0.05) is 31.9 Å². The Kier molecular flexibility index (Phi) is 4.50. The van der Waals surface area contributed by atoms with E-state index < -0.39 is 0 Å². The molecule has 20 heavy (non-hydrogen) atoms. The number of aromatic amines is 1. The van der Waals surface area contributed by atoms with Crippen molar-refractivity contribution < 1.29 is 4.74 Å². The van der Waals surface area contributed by atoms with Gasteiger partial charge in [-0.25, -0.2) is 4.98 Å². The lowest BCUT2D eigenvalue weighted by Crippen LogP contribution is -2.31. The molecule has 4 nitrogen and oxygen atoms in total. The molecule has 108 valence electrons. The summed E-state index contributed by atoms with van der Waals surface area (Å²) in [7, 11) is 0. The first-order valence-electron chi connectivity index (χ1n) is 7.15. The Labute approximate surface area is 123 Å². The molecule has 3 rings (SSSR count). The summed E-state index contributed by atoms with van der Waals surface area (Å²) in [5, 5.41) is 4.36. The van der Waals surface area contributed by atoms with Gasteiger partial charge in [-0.05, 0) is 42.2 Å². The Morgan fingerprint density at radius 1 is 1.50 bits per heavy atom. The van der Waals surface area contributed by atoms with Crippen molar-refractivity contribution in [1.82, 2.24) is 14.9 Å². The molecule has 0 bridgehead atoms. The van der Waals surface area contributed by atoms with Gasteiger partial charge < -0.3 is 9.72 Å². The molecule has 3 heterocycles. The van der Waals surface area contributed by atoms with Crippen molar-refractivity contribution in [2.24, 2.45) is 0 Å². The number of aryl methyl sites for hydroxylation is 1. The molecule has 5 heteroatoms. The van der Waals surface area contributed by atoms with Crippen LogP contribution < -0.4 is 0 Å². The maximum atomic E-state index is 5.78. The second-order valence-corrected chi connectivity index (χ2v) is 6.19. The van der Waals surface area contributed by atoms with E-state index in [2.05, 4.69) is 38.6 Å². The Balaban J connectivity index is 1.67. The highest BCUT2D eigenvalue weighted by atomic mass is 32.1. The van der Waals surface area contributed by atoms with Gasteiger partial charge in [0.2, 0.25) is 0 Å². The quantitative estimate of drug-likeness (QED) is 0.889. The number of hydrogen-bond acceptors (Lipinski definition) is 4. The van der Waals surface area contributed by atoms with Gasteiger partial charge in [0.05, 0.1) is 18.1 Å². The predicted molar refractivity (Wildman–Crippen MR) is 80.7 cm³/mol. The van der Waals surface area contributed by atoms with E-state index in [0.717, 1.165) is 37.6 Å². The first kappa shape index (κ1) is 13.8. The summed E-state index contributed by atoms with van der Waals surface area (Å²) in [4.78, 5) is 10.0. The molecule has 0 aliphatic carbocycles. The van der Waals surface area contributed by atoms with Gasteiger partial charge in [-0.1, -0.05) is 0 Å². The first-order valence-corrected chi connectivity index (χ1v) is 8.09. The molecule has 2 aromatic rings. The third-order valence-corrected chi connectivity index (χ3v) is 4.51. The molecule has 0 saturated carbocycles. The minimum absolute atomic E-state index is 0.382.